The third kappa shape index (κ3) is 3.99. The zero-order valence-corrected chi connectivity index (χ0v) is 11.3. The number of aromatic amines is 1. The van der Waals surface area contributed by atoms with Gasteiger partial charge in [-0.1, -0.05) is 13.0 Å². The maximum atomic E-state index is 11.3. The van der Waals surface area contributed by atoms with Crippen molar-refractivity contribution in [1.29, 1.82) is 0 Å². The predicted molar refractivity (Wildman–Crippen MR) is 76.4 cm³/mol. The van der Waals surface area contributed by atoms with Gasteiger partial charge in [0, 0.05) is 12.6 Å². The number of nitrogens with one attached hydrogen (secondary N) is 2. The Morgan fingerprint density at radius 3 is 3.00 bits per heavy atom. The average molecular weight is 277 g/mol. The summed E-state index contributed by atoms with van der Waals surface area (Å²) in [6.07, 6.45) is 1.03. The average Bonchev–Trinajstić information content (AvgIpc) is 2.35. The lowest BCUT2D eigenvalue weighted by atomic mass is 10.4. The highest BCUT2D eigenvalue weighted by atomic mass is 32.2. The van der Waals surface area contributed by atoms with Gasteiger partial charge < -0.3 is 16.0 Å². The summed E-state index contributed by atoms with van der Waals surface area (Å²) in [7, 11) is 0. The highest BCUT2D eigenvalue weighted by Gasteiger charge is 2.04. The van der Waals surface area contributed by atoms with Crippen LogP contribution in [0.15, 0.2) is 39.2 Å². The molecule has 0 atom stereocenters. The molecule has 2 rings (SSSR count). The summed E-state index contributed by atoms with van der Waals surface area (Å²) in [4.78, 5) is 22.4. The van der Waals surface area contributed by atoms with E-state index in [9.17, 15) is 4.79 Å². The van der Waals surface area contributed by atoms with Crippen LogP contribution >= 0.6 is 11.8 Å². The molecule has 0 spiro atoms. The van der Waals surface area contributed by atoms with E-state index in [2.05, 4.69) is 27.2 Å². The van der Waals surface area contributed by atoms with Crippen molar-refractivity contribution in [1.82, 2.24) is 15.0 Å². The number of aromatic nitrogens is 3. The molecule has 7 heteroatoms. The van der Waals surface area contributed by atoms with E-state index in [0.717, 1.165) is 23.8 Å². The Hall–Kier alpha value is -2.02. The molecule has 19 heavy (non-hydrogen) atoms. The lowest BCUT2D eigenvalue weighted by molar-refractivity contribution is 0.935. The third-order valence-corrected chi connectivity index (χ3v) is 3.04. The van der Waals surface area contributed by atoms with Gasteiger partial charge in [0.25, 0.3) is 5.56 Å². The molecule has 0 saturated carbocycles. The van der Waals surface area contributed by atoms with Gasteiger partial charge >= 0.3 is 0 Å². The lowest BCUT2D eigenvalue weighted by Crippen LogP contribution is -2.09. The number of nitrogen functional groups attached to an aromatic ring is 1. The van der Waals surface area contributed by atoms with E-state index in [-0.39, 0.29) is 11.4 Å². The molecule has 100 valence electrons. The Balaban J connectivity index is 2.16. The highest BCUT2D eigenvalue weighted by molar-refractivity contribution is 7.99. The quantitative estimate of drug-likeness (QED) is 0.720. The number of H-pyrrole nitrogens is 1. The summed E-state index contributed by atoms with van der Waals surface area (Å²) >= 11 is 1.27. The molecule has 0 unspecified atom stereocenters. The standard InChI is InChI=1S/C12H15N5OS/c1-2-6-14-9-4-3-5-11(16-9)19-12-15-8(13)7-10(18)17-12/h3-5,7H,2,6H2,1H3,(H,14,16)(H3,13,15,17,18). The molecule has 0 saturated heterocycles. The molecule has 2 aromatic heterocycles. The molecule has 2 aromatic rings. The number of anilines is 2. The number of pyridine rings is 1. The van der Waals surface area contributed by atoms with E-state index in [0.29, 0.717) is 5.16 Å². The van der Waals surface area contributed by atoms with Gasteiger partial charge in [-0.2, -0.15) is 0 Å². The van der Waals surface area contributed by atoms with Gasteiger partial charge in [-0.25, -0.2) is 9.97 Å². The van der Waals surface area contributed by atoms with Crippen molar-refractivity contribution in [3.05, 3.63) is 34.6 Å². The van der Waals surface area contributed by atoms with Gasteiger partial charge in [0.1, 0.15) is 16.7 Å². The fraction of sp³-hybridized carbons (Fsp3) is 0.250. The molecular weight excluding hydrogens is 262 g/mol. The van der Waals surface area contributed by atoms with Crippen molar-refractivity contribution in [2.24, 2.45) is 0 Å². The fourth-order valence-electron chi connectivity index (χ4n) is 1.42. The second kappa shape index (κ2) is 6.24. The minimum Gasteiger partial charge on any atom is -0.383 e. The monoisotopic (exact) mass is 277 g/mol. The minimum atomic E-state index is -0.268. The van der Waals surface area contributed by atoms with Gasteiger partial charge in [-0.3, -0.25) is 4.79 Å². The smallest absolute Gasteiger partial charge is 0.253 e. The van der Waals surface area contributed by atoms with Crippen molar-refractivity contribution >= 4 is 23.4 Å². The van der Waals surface area contributed by atoms with Crippen molar-refractivity contribution in [2.75, 3.05) is 17.6 Å². The first kappa shape index (κ1) is 13.4. The summed E-state index contributed by atoms with van der Waals surface area (Å²) in [6.45, 7) is 2.96. The zero-order valence-electron chi connectivity index (χ0n) is 10.5. The van der Waals surface area contributed by atoms with Gasteiger partial charge in [-0.05, 0) is 30.3 Å². The molecule has 6 nitrogen and oxygen atoms in total. The first-order valence-electron chi connectivity index (χ1n) is 5.93. The number of nitrogens with zero attached hydrogens (tertiary/aromatic N) is 2. The first-order chi connectivity index (χ1) is 9.17. The molecule has 4 N–H and O–H groups in total. The van der Waals surface area contributed by atoms with E-state index in [4.69, 9.17) is 5.73 Å². The predicted octanol–water partition coefficient (Wildman–Crippen LogP) is 1.72. The van der Waals surface area contributed by atoms with Crippen LogP contribution in [0.5, 0.6) is 0 Å². The molecule has 0 amide bonds. The molecule has 0 radical (unpaired) electrons. The first-order valence-corrected chi connectivity index (χ1v) is 6.74. The molecule has 0 aliphatic carbocycles. The Morgan fingerprint density at radius 1 is 1.42 bits per heavy atom. The zero-order chi connectivity index (χ0) is 13.7. The van der Waals surface area contributed by atoms with Gasteiger partial charge in [0.2, 0.25) is 0 Å². The summed E-state index contributed by atoms with van der Waals surface area (Å²) in [5, 5.41) is 4.38. The molecule has 2 heterocycles. The largest absolute Gasteiger partial charge is 0.383 e. The number of hydrogen-bond donors (Lipinski definition) is 3. The summed E-state index contributed by atoms with van der Waals surface area (Å²) in [6, 6.07) is 6.90. The number of hydrogen-bond acceptors (Lipinski definition) is 6. The molecule has 0 aliphatic heterocycles. The van der Waals surface area contributed by atoms with Crippen molar-refractivity contribution in [2.45, 2.75) is 23.5 Å². The molecule has 0 aromatic carbocycles. The van der Waals surface area contributed by atoms with Gasteiger partial charge in [0.15, 0.2) is 5.16 Å². The summed E-state index contributed by atoms with van der Waals surface area (Å²) < 4.78 is 0. The molecule has 0 aliphatic rings. The van der Waals surface area contributed by atoms with E-state index in [1.54, 1.807) is 0 Å². The fourth-order valence-corrected chi connectivity index (χ4v) is 2.22. The van der Waals surface area contributed by atoms with Gasteiger partial charge in [-0.15, -0.1) is 0 Å². The Kier molecular flexibility index (Phi) is 4.40. The Labute approximate surface area is 114 Å². The Morgan fingerprint density at radius 2 is 2.26 bits per heavy atom. The minimum absolute atomic E-state index is 0.200. The van der Waals surface area contributed by atoms with Crippen molar-refractivity contribution in [3.63, 3.8) is 0 Å². The maximum Gasteiger partial charge on any atom is 0.253 e. The van der Waals surface area contributed by atoms with Crippen LogP contribution in [0.3, 0.4) is 0 Å². The SMILES string of the molecule is CCCNc1cccc(Sc2nc(N)cc(=O)[nH]2)n1. The van der Waals surface area contributed by atoms with Crippen LogP contribution in [0.2, 0.25) is 0 Å². The van der Waals surface area contributed by atoms with Crippen molar-refractivity contribution < 1.29 is 0 Å². The van der Waals surface area contributed by atoms with Crippen LogP contribution in [0, 0.1) is 0 Å². The van der Waals surface area contributed by atoms with Gasteiger partial charge in [0.05, 0.1) is 0 Å². The van der Waals surface area contributed by atoms with Crippen molar-refractivity contribution in [3.8, 4) is 0 Å². The third-order valence-electron chi connectivity index (χ3n) is 2.22. The van der Waals surface area contributed by atoms with E-state index in [1.807, 2.05) is 18.2 Å². The van der Waals surface area contributed by atoms with Crippen LogP contribution in [0.25, 0.3) is 0 Å². The molecule has 0 fully saturated rings. The second-order valence-corrected chi connectivity index (χ2v) is 4.87. The number of nitrogens with two attached hydrogens (primary N) is 1. The van der Waals surface area contributed by atoms with Crippen LogP contribution in [0.1, 0.15) is 13.3 Å². The summed E-state index contributed by atoms with van der Waals surface area (Å²) in [5.74, 6) is 1.00. The maximum absolute atomic E-state index is 11.3. The van der Waals surface area contributed by atoms with E-state index in [1.165, 1.54) is 17.8 Å². The van der Waals surface area contributed by atoms with Crippen LogP contribution in [-0.4, -0.2) is 21.5 Å². The van der Waals surface area contributed by atoms with E-state index >= 15 is 0 Å². The Bertz CT molecular complexity index is 613. The second-order valence-electron chi connectivity index (χ2n) is 3.87. The van der Waals surface area contributed by atoms with Crippen LogP contribution < -0.4 is 16.6 Å². The summed E-state index contributed by atoms with van der Waals surface area (Å²) in [5.41, 5.74) is 5.26. The topological polar surface area (TPSA) is 96.7 Å². The number of rotatable bonds is 5. The normalized spacial score (nSPS) is 10.4. The lowest BCUT2D eigenvalue weighted by Gasteiger charge is -2.05. The van der Waals surface area contributed by atoms with Crippen LogP contribution in [0.4, 0.5) is 11.6 Å². The van der Waals surface area contributed by atoms with Crippen LogP contribution in [-0.2, 0) is 0 Å². The van der Waals surface area contributed by atoms with E-state index < -0.39 is 0 Å². The molecular formula is C12H15N5OS. The molecule has 0 bridgehead atoms. The highest BCUT2D eigenvalue weighted by Crippen LogP contribution is 2.23.